The fourth-order valence-corrected chi connectivity index (χ4v) is 1.13. The third kappa shape index (κ3) is 2.41. The molecule has 0 saturated carbocycles. The standard InChI is InChI=1S/C8H10N6O2/c1-5-12-6(14-16-5)2-3-9-8(15)7-10-4-11-13-7/h4H,2-3H2,1H3,(H,9,15)(H,10,11,13). The summed E-state index contributed by atoms with van der Waals surface area (Å²) in [5, 5.41) is 12.4. The van der Waals surface area contributed by atoms with Crippen LogP contribution in [0.4, 0.5) is 0 Å². The average Bonchev–Trinajstić information content (AvgIpc) is 2.89. The second-order valence-corrected chi connectivity index (χ2v) is 3.07. The van der Waals surface area contributed by atoms with Crippen LogP contribution in [0.15, 0.2) is 10.9 Å². The molecule has 8 nitrogen and oxygen atoms in total. The van der Waals surface area contributed by atoms with Crippen molar-refractivity contribution in [3.63, 3.8) is 0 Å². The number of aromatic amines is 1. The highest BCUT2D eigenvalue weighted by atomic mass is 16.5. The van der Waals surface area contributed by atoms with Crippen molar-refractivity contribution >= 4 is 5.91 Å². The summed E-state index contributed by atoms with van der Waals surface area (Å²) in [6.07, 6.45) is 1.79. The number of H-pyrrole nitrogens is 1. The Morgan fingerprint density at radius 1 is 1.62 bits per heavy atom. The average molecular weight is 222 g/mol. The largest absolute Gasteiger partial charge is 0.349 e. The topological polar surface area (TPSA) is 110 Å². The van der Waals surface area contributed by atoms with E-state index < -0.39 is 0 Å². The molecular formula is C8H10N6O2. The molecule has 0 aliphatic heterocycles. The summed E-state index contributed by atoms with van der Waals surface area (Å²) >= 11 is 0. The van der Waals surface area contributed by atoms with Gasteiger partial charge in [0.25, 0.3) is 5.91 Å². The highest BCUT2D eigenvalue weighted by molar-refractivity contribution is 5.90. The molecule has 2 aromatic heterocycles. The van der Waals surface area contributed by atoms with Gasteiger partial charge in [-0.2, -0.15) is 10.1 Å². The van der Waals surface area contributed by atoms with Gasteiger partial charge in [-0.05, 0) is 0 Å². The molecule has 0 aromatic carbocycles. The van der Waals surface area contributed by atoms with E-state index in [0.717, 1.165) is 0 Å². The summed E-state index contributed by atoms with van der Waals surface area (Å²) in [6, 6.07) is 0. The second kappa shape index (κ2) is 4.51. The molecule has 2 aromatic rings. The molecule has 0 aliphatic carbocycles. The summed E-state index contributed by atoms with van der Waals surface area (Å²) in [6.45, 7) is 2.13. The number of aryl methyl sites for hydroxylation is 1. The van der Waals surface area contributed by atoms with Crippen LogP contribution in [0.2, 0.25) is 0 Å². The van der Waals surface area contributed by atoms with Crippen LogP contribution < -0.4 is 5.32 Å². The maximum atomic E-state index is 11.4. The lowest BCUT2D eigenvalue weighted by molar-refractivity contribution is 0.0944. The third-order valence-electron chi connectivity index (χ3n) is 1.83. The number of carbonyl (C=O) groups excluding carboxylic acids is 1. The first-order valence-corrected chi connectivity index (χ1v) is 4.68. The monoisotopic (exact) mass is 222 g/mol. The van der Waals surface area contributed by atoms with Crippen molar-refractivity contribution < 1.29 is 9.32 Å². The molecule has 2 heterocycles. The minimum absolute atomic E-state index is 0.185. The Morgan fingerprint density at radius 3 is 3.12 bits per heavy atom. The lowest BCUT2D eigenvalue weighted by Gasteiger charge is -1.99. The Balaban J connectivity index is 1.78. The van der Waals surface area contributed by atoms with Crippen molar-refractivity contribution in [2.75, 3.05) is 6.54 Å². The fraction of sp³-hybridized carbons (Fsp3) is 0.375. The molecule has 0 radical (unpaired) electrons. The number of nitrogens with one attached hydrogen (secondary N) is 2. The molecule has 8 heteroatoms. The number of amides is 1. The number of hydrogen-bond donors (Lipinski definition) is 2. The van der Waals surface area contributed by atoms with Gasteiger partial charge in [0.15, 0.2) is 5.82 Å². The third-order valence-corrected chi connectivity index (χ3v) is 1.83. The van der Waals surface area contributed by atoms with Gasteiger partial charge < -0.3 is 9.84 Å². The van der Waals surface area contributed by atoms with Gasteiger partial charge in [-0.25, -0.2) is 4.98 Å². The van der Waals surface area contributed by atoms with E-state index in [0.29, 0.717) is 24.7 Å². The fourth-order valence-electron chi connectivity index (χ4n) is 1.13. The van der Waals surface area contributed by atoms with Gasteiger partial charge in [-0.1, -0.05) is 5.16 Å². The van der Waals surface area contributed by atoms with Crippen molar-refractivity contribution in [1.82, 2.24) is 30.6 Å². The van der Waals surface area contributed by atoms with Crippen molar-refractivity contribution in [2.24, 2.45) is 0 Å². The number of carbonyl (C=O) groups is 1. The first-order chi connectivity index (χ1) is 7.75. The Kier molecular flexibility index (Phi) is 2.90. The van der Waals surface area contributed by atoms with E-state index in [-0.39, 0.29) is 11.7 Å². The number of rotatable bonds is 4. The molecule has 0 fully saturated rings. The second-order valence-electron chi connectivity index (χ2n) is 3.07. The molecule has 84 valence electrons. The predicted octanol–water partition coefficient (Wildman–Crippen LogP) is -0.531. The van der Waals surface area contributed by atoms with E-state index in [2.05, 4.69) is 30.6 Å². The van der Waals surface area contributed by atoms with Gasteiger partial charge in [0.2, 0.25) is 11.7 Å². The van der Waals surface area contributed by atoms with Gasteiger partial charge in [0.1, 0.15) is 6.33 Å². The van der Waals surface area contributed by atoms with E-state index in [1.54, 1.807) is 6.92 Å². The van der Waals surface area contributed by atoms with Gasteiger partial charge >= 0.3 is 0 Å². The smallest absolute Gasteiger partial charge is 0.288 e. The Bertz CT molecular complexity index is 463. The molecular weight excluding hydrogens is 212 g/mol. The first-order valence-electron chi connectivity index (χ1n) is 4.68. The van der Waals surface area contributed by atoms with Crippen LogP contribution >= 0.6 is 0 Å². The van der Waals surface area contributed by atoms with Crippen molar-refractivity contribution in [1.29, 1.82) is 0 Å². The SMILES string of the molecule is Cc1nc(CCNC(=O)c2ncn[nH]2)no1. The predicted molar refractivity (Wildman–Crippen MR) is 51.5 cm³/mol. The Hall–Kier alpha value is -2.25. The Labute approximate surface area is 90.5 Å². The zero-order chi connectivity index (χ0) is 11.4. The number of hydrogen-bond acceptors (Lipinski definition) is 6. The molecule has 1 amide bonds. The summed E-state index contributed by atoms with van der Waals surface area (Å²) in [4.78, 5) is 19.1. The van der Waals surface area contributed by atoms with Gasteiger partial charge in [-0.15, -0.1) is 0 Å². The maximum Gasteiger partial charge on any atom is 0.288 e. The van der Waals surface area contributed by atoms with Gasteiger partial charge in [0, 0.05) is 19.9 Å². The van der Waals surface area contributed by atoms with E-state index in [1.165, 1.54) is 6.33 Å². The molecule has 16 heavy (non-hydrogen) atoms. The van der Waals surface area contributed by atoms with E-state index in [9.17, 15) is 4.79 Å². The van der Waals surface area contributed by atoms with E-state index in [4.69, 9.17) is 4.52 Å². The molecule has 0 saturated heterocycles. The van der Waals surface area contributed by atoms with Crippen LogP contribution in [0, 0.1) is 6.92 Å². The van der Waals surface area contributed by atoms with Gasteiger partial charge in [0.05, 0.1) is 0 Å². The molecule has 2 N–H and O–H groups in total. The molecule has 2 rings (SSSR count). The van der Waals surface area contributed by atoms with Crippen LogP contribution in [0.3, 0.4) is 0 Å². The quantitative estimate of drug-likeness (QED) is 0.719. The van der Waals surface area contributed by atoms with E-state index >= 15 is 0 Å². The minimum atomic E-state index is -0.308. The van der Waals surface area contributed by atoms with Crippen LogP contribution in [-0.4, -0.2) is 37.8 Å². The van der Waals surface area contributed by atoms with Crippen molar-refractivity contribution in [3.8, 4) is 0 Å². The first kappa shape index (κ1) is 10.3. The van der Waals surface area contributed by atoms with E-state index in [1.807, 2.05) is 0 Å². The van der Waals surface area contributed by atoms with Crippen LogP contribution in [-0.2, 0) is 6.42 Å². The van der Waals surface area contributed by atoms with Crippen LogP contribution in [0.1, 0.15) is 22.3 Å². The van der Waals surface area contributed by atoms with Crippen molar-refractivity contribution in [3.05, 3.63) is 23.9 Å². The zero-order valence-corrected chi connectivity index (χ0v) is 8.60. The summed E-state index contributed by atoms with van der Waals surface area (Å²) < 4.78 is 4.79. The Morgan fingerprint density at radius 2 is 2.50 bits per heavy atom. The highest BCUT2D eigenvalue weighted by Crippen LogP contribution is 1.95. The summed E-state index contributed by atoms with van der Waals surface area (Å²) in [7, 11) is 0. The minimum Gasteiger partial charge on any atom is -0.349 e. The highest BCUT2D eigenvalue weighted by Gasteiger charge is 2.08. The van der Waals surface area contributed by atoms with Crippen LogP contribution in [0.5, 0.6) is 0 Å². The van der Waals surface area contributed by atoms with Crippen molar-refractivity contribution in [2.45, 2.75) is 13.3 Å². The zero-order valence-electron chi connectivity index (χ0n) is 8.60. The molecule has 0 spiro atoms. The molecule has 0 bridgehead atoms. The summed E-state index contributed by atoms with van der Waals surface area (Å²) in [5.41, 5.74) is 0. The normalized spacial score (nSPS) is 10.3. The molecule has 0 aliphatic rings. The van der Waals surface area contributed by atoms with Crippen LogP contribution in [0.25, 0.3) is 0 Å². The lowest BCUT2D eigenvalue weighted by atomic mass is 10.4. The summed E-state index contributed by atoms with van der Waals surface area (Å²) in [5.74, 6) is 0.953. The molecule has 0 atom stereocenters. The maximum absolute atomic E-state index is 11.4. The van der Waals surface area contributed by atoms with Gasteiger partial charge in [-0.3, -0.25) is 9.89 Å². The molecule has 0 unspecified atom stereocenters. The number of aromatic nitrogens is 5. The lowest BCUT2D eigenvalue weighted by Crippen LogP contribution is -2.26. The number of nitrogens with zero attached hydrogens (tertiary/aromatic N) is 4.